The van der Waals surface area contributed by atoms with Crippen molar-refractivity contribution in [3.63, 3.8) is 0 Å². The lowest BCUT2D eigenvalue weighted by molar-refractivity contribution is -0.137. The zero-order valence-corrected chi connectivity index (χ0v) is 10.4. The zero-order chi connectivity index (χ0) is 13.9. The first-order valence-corrected chi connectivity index (χ1v) is 6.28. The summed E-state index contributed by atoms with van der Waals surface area (Å²) in [4.78, 5) is 0. The number of anilines is 1. The first kappa shape index (κ1) is 14.1. The Balaban J connectivity index is 2.02. The van der Waals surface area contributed by atoms with E-state index in [2.05, 4.69) is 10.6 Å². The van der Waals surface area contributed by atoms with Crippen molar-refractivity contribution in [3.8, 4) is 0 Å². The van der Waals surface area contributed by atoms with Crippen LogP contribution in [0.1, 0.15) is 18.4 Å². The third-order valence-electron chi connectivity index (χ3n) is 3.27. The van der Waals surface area contributed by atoms with E-state index >= 15 is 0 Å². The summed E-state index contributed by atoms with van der Waals surface area (Å²) in [5, 5.41) is 5.99. The molecule has 1 aliphatic rings. The van der Waals surface area contributed by atoms with Crippen LogP contribution in [0, 0.1) is 11.7 Å². The van der Waals surface area contributed by atoms with Gasteiger partial charge in [0.05, 0.1) is 11.3 Å². The predicted octanol–water partition coefficient (Wildman–Crippen LogP) is 3.26. The number of benzene rings is 1. The van der Waals surface area contributed by atoms with Crippen LogP contribution >= 0.6 is 0 Å². The topological polar surface area (TPSA) is 24.1 Å². The molecule has 0 aromatic heterocycles. The van der Waals surface area contributed by atoms with Crippen molar-refractivity contribution >= 4 is 5.69 Å². The first-order chi connectivity index (χ1) is 8.97. The van der Waals surface area contributed by atoms with Crippen molar-refractivity contribution in [1.82, 2.24) is 5.32 Å². The second-order valence-electron chi connectivity index (χ2n) is 4.79. The fourth-order valence-corrected chi connectivity index (χ4v) is 2.19. The minimum atomic E-state index is -4.45. The van der Waals surface area contributed by atoms with Crippen LogP contribution in [0.3, 0.4) is 0 Å². The molecule has 0 saturated carbocycles. The SMILES string of the molecule is Fc1ccc(C(F)(F)F)cc1NCC1CCCNC1. The van der Waals surface area contributed by atoms with Gasteiger partial charge < -0.3 is 10.6 Å². The van der Waals surface area contributed by atoms with Gasteiger partial charge in [0.15, 0.2) is 0 Å². The normalized spacial score (nSPS) is 20.3. The zero-order valence-electron chi connectivity index (χ0n) is 10.4. The number of alkyl halides is 3. The Morgan fingerprint density at radius 1 is 1.32 bits per heavy atom. The van der Waals surface area contributed by atoms with Crippen LogP contribution in [0.2, 0.25) is 0 Å². The molecule has 2 nitrogen and oxygen atoms in total. The van der Waals surface area contributed by atoms with Crippen LogP contribution in [0.4, 0.5) is 23.2 Å². The van der Waals surface area contributed by atoms with Gasteiger partial charge in [-0.15, -0.1) is 0 Å². The summed E-state index contributed by atoms with van der Waals surface area (Å²) in [6, 6.07) is 2.43. The van der Waals surface area contributed by atoms with Crippen LogP contribution in [0.5, 0.6) is 0 Å². The Bertz CT molecular complexity index is 425. The molecule has 1 aromatic rings. The van der Waals surface area contributed by atoms with Gasteiger partial charge >= 0.3 is 6.18 Å². The monoisotopic (exact) mass is 276 g/mol. The summed E-state index contributed by atoms with van der Waals surface area (Å²) in [6.07, 6.45) is -2.41. The molecule has 1 aromatic carbocycles. The van der Waals surface area contributed by atoms with E-state index in [1.165, 1.54) is 0 Å². The highest BCUT2D eigenvalue weighted by atomic mass is 19.4. The number of halogens is 4. The van der Waals surface area contributed by atoms with Crippen molar-refractivity contribution in [2.75, 3.05) is 25.0 Å². The van der Waals surface area contributed by atoms with Crippen molar-refractivity contribution < 1.29 is 17.6 Å². The molecule has 0 amide bonds. The second kappa shape index (κ2) is 5.77. The highest BCUT2D eigenvalue weighted by Crippen LogP contribution is 2.31. The fourth-order valence-electron chi connectivity index (χ4n) is 2.19. The Hall–Kier alpha value is -1.30. The van der Waals surface area contributed by atoms with E-state index in [1.54, 1.807) is 0 Å². The molecule has 0 bridgehead atoms. The van der Waals surface area contributed by atoms with Gasteiger partial charge in [0.1, 0.15) is 5.82 Å². The van der Waals surface area contributed by atoms with Crippen LogP contribution in [-0.4, -0.2) is 19.6 Å². The Morgan fingerprint density at radius 2 is 2.11 bits per heavy atom. The maximum atomic E-state index is 13.5. The maximum absolute atomic E-state index is 13.5. The molecule has 19 heavy (non-hydrogen) atoms. The summed E-state index contributed by atoms with van der Waals surface area (Å²) >= 11 is 0. The van der Waals surface area contributed by atoms with Crippen molar-refractivity contribution in [2.24, 2.45) is 5.92 Å². The Labute approximate surface area is 109 Å². The summed E-state index contributed by atoms with van der Waals surface area (Å²) < 4.78 is 51.1. The lowest BCUT2D eigenvalue weighted by atomic mass is 9.99. The van der Waals surface area contributed by atoms with Crippen LogP contribution in [0.15, 0.2) is 18.2 Å². The molecular weight excluding hydrogens is 260 g/mol. The molecular formula is C13H16F4N2. The largest absolute Gasteiger partial charge is 0.416 e. The van der Waals surface area contributed by atoms with Gasteiger partial charge in [0.25, 0.3) is 0 Å². The maximum Gasteiger partial charge on any atom is 0.416 e. The minimum absolute atomic E-state index is 0.0830. The summed E-state index contributed by atoms with van der Waals surface area (Å²) in [7, 11) is 0. The van der Waals surface area contributed by atoms with Gasteiger partial charge in [-0.2, -0.15) is 13.2 Å². The van der Waals surface area contributed by atoms with E-state index in [0.717, 1.165) is 44.1 Å². The van der Waals surface area contributed by atoms with Gasteiger partial charge in [0.2, 0.25) is 0 Å². The van der Waals surface area contributed by atoms with Gasteiger partial charge in [0, 0.05) is 6.54 Å². The third-order valence-corrected chi connectivity index (χ3v) is 3.27. The van der Waals surface area contributed by atoms with Crippen LogP contribution < -0.4 is 10.6 Å². The lowest BCUT2D eigenvalue weighted by Crippen LogP contribution is -2.33. The smallest absolute Gasteiger partial charge is 0.382 e. The molecule has 1 saturated heterocycles. The van der Waals surface area contributed by atoms with E-state index < -0.39 is 17.6 Å². The van der Waals surface area contributed by atoms with E-state index in [1.807, 2.05) is 0 Å². The number of hydrogen-bond donors (Lipinski definition) is 2. The predicted molar refractivity (Wildman–Crippen MR) is 65.5 cm³/mol. The van der Waals surface area contributed by atoms with Gasteiger partial charge in [-0.1, -0.05) is 0 Å². The fraction of sp³-hybridized carbons (Fsp3) is 0.538. The average Bonchev–Trinajstić information content (AvgIpc) is 2.37. The van der Waals surface area contributed by atoms with Crippen LogP contribution in [-0.2, 0) is 6.18 Å². The molecule has 1 fully saturated rings. The molecule has 1 aliphatic heterocycles. The Morgan fingerprint density at radius 3 is 2.74 bits per heavy atom. The summed E-state index contributed by atoms with van der Waals surface area (Å²) in [5.74, 6) is -0.334. The lowest BCUT2D eigenvalue weighted by Gasteiger charge is -2.23. The standard InChI is InChI=1S/C13H16F4N2/c14-11-4-3-10(13(15,16)17)6-12(11)19-8-9-2-1-5-18-7-9/h3-4,6,9,18-19H,1-2,5,7-8H2. The van der Waals surface area contributed by atoms with E-state index in [-0.39, 0.29) is 5.69 Å². The number of piperidine rings is 1. The van der Waals surface area contributed by atoms with Crippen LogP contribution in [0.25, 0.3) is 0 Å². The molecule has 1 unspecified atom stereocenters. The van der Waals surface area contributed by atoms with E-state index in [9.17, 15) is 17.6 Å². The van der Waals surface area contributed by atoms with Gasteiger partial charge in [-0.25, -0.2) is 4.39 Å². The highest BCUT2D eigenvalue weighted by molar-refractivity contribution is 5.48. The van der Waals surface area contributed by atoms with Crippen molar-refractivity contribution in [1.29, 1.82) is 0 Å². The minimum Gasteiger partial charge on any atom is -0.382 e. The first-order valence-electron chi connectivity index (χ1n) is 6.28. The molecule has 6 heteroatoms. The molecule has 0 spiro atoms. The summed E-state index contributed by atoms with van der Waals surface area (Å²) in [5.41, 5.74) is -0.918. The molecule has 0 radical (unpaired) electrons. The molecule has 1 heterocycles. The van der Waals surface area contributed by atoms with Gasteiger partial charge in [-0.05, 0) is 50.0 Å². The van der Waals surface area contributed by atoms with E-state index in [4.69, 9.17) is 0 Å². The summed E-state index contributed by atoms with van der Waals surface area (Å²) in [6.45, 7) is 2.26. The van der Waals surface area contributed by atoms with E-state index in [0.29, 0.717) is 12.5 Å². The Kier molecular flexibility index (Phi) is 4.29. The van der Waals surface area contributed by atoms with Crippen molar-refractivity contribution in [2.45, 2.75) is 19.0 Å². The molecule has 2 N–H and O–H groups in total. The highest BCUT2D eigenvalue weighted by Gasteiger charge is 2.31. The quantitative estimate of drug-likeness (QED) is 0.828. The van der Waals surface area contributed by atoms with Gasteiger partial charge in [-0.3, -0.25) is 0 Å². The average molecular weight is 276 g/mol. The molecule has 0 aliphatic carbocycles. The second-order valence-corrected chi connectivity index (χ2v) is 4.79. The number of hydrogen-bond acceptors (Lipinski definition) is 2. The molecule has 2 rings (SSSR count). The third kappa shape index (κ3) is 3.83. The molecule has 1 atom stereocenters. The number of rotatable bonds is 3. The molecule has 106 valence electrons. The van der Waals surface area contributed by atoms with Crippen molar-refractivity contribution in [3.05, 3.63) is 29.6 Å². The number of nitrogens with one attached hydrogen (secondary N) is 2.